The van der Waals surface area contributed by atoms with Crippen LogP contribution in [0.2, 0.25) is 0 Å². The van der Waals surface area contributed by atoms with Crippen LogP contribution in [0, 0.1) is 0 Å². The van der Waals surface area contributed by atoms with Crippen LogP contribution >= 0.6 is 0 Å². The molecule has 1 saturated heterocycles. The monoisotopic (exact) mass is 309 g/mol. The van der Waals surface area contributed by atoms with E-state index in [-0.39, 0.29) is 23.7 Å². The maximum absolute atomic E-state index is 12.2. The molecule has 0 bridgehead atoms. The fourth-order valence-electron chi connectivity index (χ4n) is 3.25. The highest BCUT2D eigenvalue weighted by Gasteiger charge is 2.39. The molecule has 0 radical (unpaired) electrons. The van der Waals surface area contributed by atoms with Gasteiger partial charge in [0.25, 0.3) is 5.91 Å². The minimum atomic E-state index is -0.556. The van der Waals surface area contributed by atoms with Gasteiger partial charge in [0.05, 0.1) is 25.4 Å². The Morgan fingerprint density at radius 2 is 2.23 bits per heavy atom. The molecule has 2 aliphatic rings. The van der Waals surface area contributed by atoms with Gasteiger partial charge in [-0.05, 0) is 12.8 Å². The molecule has 2 fully saturated rings. The maximum Gasteiger partial charge on any atom is 0.273 e. The topological polar surface area (TPSA) is 87.8 Å². The van der Waals surface area contributed by atoms with E-state index in [0.717, 1.165) is 25.9 Å². The molecule has 122 valence electrons. The molecule has 3 atom stereocenters. The third-order valence-electron chi connectivity index (χ3n) is 4.55. The largest absolute Gasteiger partial charge is 0.389 e. The van der Waals surface area contributed by atoms with Crippen LogP contribution in [0.25, 0.3) is 0 Å². The number of aliphatic hydroxyl groups is 1. The molecule has 0 unspecified atom stereocenters. The number of hydrogen-bond donors (Lipinski definition) is 2. The summed E-state index contributed by atoms with van der Waals surface area (Å²) in [5, 5.41) is 17.2. The highest BCUT2D eigenvalue weighted by atomic mass is 16.5. The van der Waals surface area contributed by atoms with Crippen LogP contribution in [0.4, 0.5) is 0 Å². The van der Waals surface area contributed by atoms with Crippen LogP contribution in [-0.4, -0.2) is 65.6 Å². The number of aryl methyl sites for hydroxylation is 1. The molecule has 1 amide bonds. The molecule has 7 nitrogen and oxygen atoms in total. The number of ether oxygens (including phenoxy) is 1. The van der Waals surface area contributed by atoms with E-state index in [1.807, 2.05) is 6.92 Å². The van der Waals surface area contributed by atoms with E-state index >= 15 is 0 Å². The van der Waals surface area contributed by atoms with E-state index in [2.05, 4.69) is 15.4 Å². The Hall–Kier alpha value is -1.44. The summed E-state index contributed by atoms with van der Waals surface area (Å²) in [6.45, 7) is 5.03. The molecule has 3 rings (SSSR count). The number of aromatic nitrogens is 1. The molecule has 1 aromatic heterocycles. The molecule has 1 aliphatic carbocycles. The Kier molecular flexibility index (Phi) is 4.75. The third kappa shape index (κ3) is 3.16. The van der Waals surface area contributed by atoms with Crippen LogP contribution in [0.1, 0.15) is 36.0 Å². The quantitative estimate of drug-likeness (QED) is 0.825. The van der Waals surface area contributed by atoms with Gasteiger partial charge in [0.15, 0.2) is 5.69 Å². The van der Waals surface area contributed by atoms with Crippen molar-refractivity contribution in [2.24, 2.45) is 0 Å². The lowest BCUT2D eigenvalue weighted by molar-refractivity contribution is -0.0154. The second-order valence-corrected chi connectivity index (χ2v) is 5.90. The zero-order valence-corrected chi connectivity index (χ0v) is 12.8. The Bertz CT molecular complexity index is 513. The number of rotatable bonds is 4. The normalized spacial score (nSPS) is 29.6. The van der Waals surface area contributed by atoms with Crippen molar-refractivity contribution in [3.05, 3.63) is 17.5 Å². The number of nitrogens with one attached hydrogen (secondary N) is 1. The van der Waals surface area contributed by atoms with Gasteiger partial charge < -0.3 is 19.7 Å². The first-order chi connectivity index (χ1) is 10.7. The summed E-state index contributed by atoms with van der Waals surface area (Å²) in [5.41, 5.74) is 0.277. The van der Waals surface area contributed by atoms with Crippen molar-refractivity contribution in [1.29, 1.82) is 0 Å². The summed E-state index contributed by atoms with van der Waals surface area (Å²) >= 11 is 0. The summed E-state index contributed by atoms with van der Waals surface area (Å²) < 4.78 is 10.4. The van der Waals surface area contributed by atoms with Crippen molar-refractivity contribution in [3.63, 3.8) is 0 Å². The van der Waals surface area contributed by atoms with Gasteiger partial charge in [-0.25, -0.2) is 0 Å². The fraction of sp³-hybridized carbons (Fsp3) is 0.733. The van der Waals surface area contributed by atoms with Crippen molar-refractivity contribution in [2.45, 2.75) is 44.4 Å². The molecular weight excluding hydrogens is 286 g/mol. The number of carbonyl (C=O) groups excluding carboxylic acids is 1. The minimum Gasteiger partial charge on any atom is -0.389 e. The first-order valence-electron chi connectivity index (χ1n) is 7.95. The highest BCUT2D eigenvalue weighted by molar-refractivity contribution is 5.92. The molecular formula is C15H23N3O4. The lowest BCUT2D eigenvalue weighted by atomic mass is 10.1. The van der Waals surface area contributed by atoms with Gasteiger partial charge in [-0.15, -0.1) is 0 Å². The molecule has 7 heteroatoms. The third-order valence-corrected chi connectivity index (χ3v) is 4.55. The van der Waals surface area contributed by atoms with Crippen molar-refractivity contribution in [3.8, 4) is 0 Å². The van der Waals surface area contributed by atoms with Gasteiger partial charge in [-0.2, -0.15) is 0 Å². The average molecular weight is 309 g/mol. The second kappa shape index (κ2) is 6.76. The first-order valence-corrected chi connectivity index (χ1v) is 7.95. The molecule has 2 heterocycles. The van der Waals surface area contributed by atoms with E-state index in [4.69, 9.17) is 9.26 Å². The average Bonchev–Trinajstić information content (AvgIpc) is 3.16. The van der Waals surface area contributed by atoms with E-state index in [9.17, 15) is 9.90 Å². The predicted octanol–water partition coefficient (Wildman–Crippen LogP) is 0.191. The standard InChI is InChI=1S/C15H23N3O4/c1-2-10-9-12(17-22-10)15(20)16-11-3-4-13(14(11)19)18-5-7-21-8-6-18/h9,11,13-14,19H,2-8H2,1H3,(H,16,20)/t11-,13-,14-/m1/s1. The van der Waals surface area contributed by atoms with Gasteiger partial charge in [0, 0.05) is 31.6 Å². The molecule has 0 aromatic carbocycles. The number of nitrogens with zero attached hydrogens (tertiary/aromatic N) is 2. The number of aliphatic hydroxyl groups excluding tert-OH is 1. The zero-order valence-electron chi connectivity index (χ0n) is 12.8. The van der Waals surface area contributed by atoms with Crippen molar-refractivity contribution in [1.82, 2.24) is 15.4 Å². The van der Waals surface area contributed by atoms with Gasteiger partial charge in [0.2, 0.25) is 0 Å². The molecule has 1 aromatic rings. The smallest absolute Gasteiger partial charge is 0.273 e. The van der Waals surface area contributed by atoms with Crippen molar-refractivity contribution >= 4 is 5.91 Å². The van der Waals surface area contributed by atoms with Crippen molar-refractivity contribution in [2.75, 3.05) is 26.3 Å². The molecule has 1 saturated carbocycles. The van der Waals surface area contributed by atoms with Crippen LogP contribution in [0.15, 0.2) is 10.6 Å². The van der Waals surface area contributed by atoms with Crippen LogP contribution in [-0.2, 0) is 11.2 Å². The van der Waals surface area contributed by atoms with Gasteiger partial charge in [-0.3, -0.25) is 9.69 Å². The van der Waals surface area contributed by atoms with Crippen molar-refractivity contribution < 1.29 is 19.2 Å². The van der Waals surface area contributed by atoms with Crippen LogP contribution in [0.5, 0.6) is 0 Å². The van der Waals surface area contributed by atoms with Gasteiger partial charge >= 0.3 is 0 Å². The molecule has 22 heavy (non-hydrogen) atoms. The molecule has 0 spiro atoms. The number of morpholine rings is 1. The van der Waals surface area contributed by atoms with Crippen LogP contribution < -0.4 is 5.32 Å². The summed E-state index contributed by atoms with van der Waals surface area (Å²) in [6, 6.07) is 1.51. The van der Waals surface area contributed by atoms with Gasteiger partial charge in [0.1, 0.15) is 5.76 Å². The number of hydrogen-bond acceptors (Lipinski definition) is 6. The van der Waals surface area contributed by atoms with Gasteiger partial charge in [-0.1, -0.05) is 12.1 Å². The Morgan fingerprint density at radius 3 is 2.91 bits per heavy atom. The molecule has 2 N–H and O–H groups in total. The second-order valence-electron chi connectivity index (χ2n) is 5.90. The Balaban J connectivity index is 1.57. The lowest BCUT2D eigenvalue weighted by Gasteiger charge is -2.34. The Morgan fingerprint density at radius 1 is 1.45 bits per heavy atom. The summed E-state index contributed by atoms with van der Waals surface area (Å²) in [7, 11) is 0. The summed E-state index contributed by atoms with van der Waals surface area (Å²) in [4.78, 5) is 14.4. The van der Waals surface area contributed by atoms with E-state index < -0.39 is 6.10 Å². The number of amides is 1. The zero-order chi connectivity index (χ0) is 15.5. The lowest BCUT2D eigenvalue weighted by Crippen LogP contribution is -2.51. The Labute approximate surface area is 129 Å². The van der Waals surface area contributed by atoms with E-state index in [0.29, 0.717) is 25.4 Å². The summed E-state index contributed by atoms with van der Waals surface area (Å²) in [5.74, 6) is 0.401. The first kappa shape index (κ1) is 15.5. The maximum atomic E-state index is 12.2. The predicted molar refractivity (Wildman–Crippen MR) is 78.6 cm³/mol. The SMILES string of the molecule is CCc1cc(C(=O)N[C@@H]2CC[C@@H](N3CCOCC3)[C@@H]2O)no1. The fourth-order valence-corrected chi connectivity index (χ4v) is 3.25. The van der Waals surface area contributed by atoms with E-state index in [1.165, 1.54) is 0 Å². The van der Waals surface area contributed by atoms with Crippen LogP contribution in [0.3, 0.4) is 0 Å². The highest BCUT2D eigenvalue weighted by Crippen LogP contribution is 2.26. The minimum absolute atomic E-state index is 0.0951. The summed E-state index contributed by atoms with van der Waals surface area (Å²) in [6.07, 6.45) is 1.80. The van der Waals surface area contributed by atoms with E-state index in [1.54, 1.807) is 6.07 Å². The number of carbonyl (C=O) groups is 1. The molecule has 1 aliphatic heterocycles.